The van der Waals surface area contributed by atoms with Crippen molar-refractivity contribution in [3.05, 3.63) is 0 Å². The molecule has 0 aromatic rings. The highest BCUT2D eigenvalue weighted by Gasteiger charge is 2.46. The van der Waals surface area contributed by atoms with Gasteiger partial charge in [-0.15, -0.1) is 11.6 Å². The summed E-state index contributed by atoms with van der Waals surface area (Å²) in [5, 5.41) is 10.0. The van der Waals surface area contributed by atoms with E-state index >= 15 is 0 Å². The Morgan fingerprint density at radius 3 is 2.13 bits per heavy atom. The molecule has 0 radical (unpaired) electrons. The molecule has 0 aromatic heterocycles. The minimum atomic E-state index is -1.18. The molecule has 92 valence electrons. The predicted molar refractivity (Wildman–Crippen MR) is 67.7 cm³/mol. The maximum absolute atomic E-state index is 12.1. The fourth-order valence-electron chi connectivity index (χ4n) is 1.46. The lowest BCUT2D eigenvalue weighted by Gasteiger charge is -2.37. The average Bonchev–Trinajstić information content (AvgIpc) is 2.12. The first kappa shape index (κ1) is 15.4. The van der Waals surface area contributed by atoms with Crippen LogP contribution in [0.1, 0.15) is 53.4 Å². The lowest BCUT2D eigenvalue weighted by atomic mass is 10.0. The van der Waals surface area contributed by atoms with Gasteiger partial charge in [0.25, 0.3) is 0 Å². The number of unbranched alkanes of at least 4 members (excludes halogenated alkanes) is 1. The molecule has 0 heterocycles. The Hall–Kier alpha value is 0.400. The van der Waals surface area contributed by atoms with Crippen molar-refractivity contribution in [2.24, 2.45) is 0 Å². The normalized spacial score (nSPS) is 18.5. The standard InChI is InChI=1S/C11H23ClO2S/c1-5-7-9-15(14)11(12,8-6-2)10(3,4)13/h13H,5-9H2,1-4H3. The van der Waals surface area contributed by atoms with Gasteiger partial charge in [-0.2, -0.15) is 0 Å². The van der Waals surface area contributed by atoms with Crippen LogP contribution in [-0.2, 0) is 10.8 Å². The summed E-state index contributed by atoms with van der Waals surface area (Å²) in [7, 11) is -1.18. The van der Waals surface area contributed by atoms with Crippen molar-refractivity contribution in [1.29, 1.82) is 0 Å². The van der Waals surface area contributed by atoms with Crippen molar-refractivity contribution >= 4 is 22.4 Å². The van der Waals surface area contributed by atoms with Crippen LogP contribution < -0.4 is 0 Å². The first-order valence-electron chi connectivity index (χ1n) is 5.59. The van der Waals surface area contributed by atoms with Crippen LogP contribution in [0.4, 0.5) is 0 Å². The summed E-state index contributed by atoms with van der Waals surface area (Å²) in [4.78, 5) is 0. The SMILES string of the molecule is CCCCS(=O)C(Cl)(CCC)C(C)(C)O. The summed E-state index contributed by atoms with van der Waals surface area (Å²) in [6.07, 6.45) is 3.29. The molecule has 0 saturated heterocycles. The molecule has 2 nitrogen and oxygen atoms in total. The maximum Gasteiger partial charge on any atom is 0.147 e. The molecule has 0 aliphatic rings. The van der Waals surface area contributed by atoms with Crippen molar-refractivity contribution in [3.63, 3.8) is 0 Å². The summed E-state index contributed by atoms with van der Waals surface area (Å²) in [5.41, 5.74) is -1.11. The van der Waals surface area contributed by atoms with Crippen molar-refractivity contribution in [2.45, 2.75) is 63.2 Å². The first-order valence-corrected chi connectivity index (χ1v) is 7.29. The molecule has 2 unspecified atom stereocenters. The Bertz CT molecular complexity index is 213. The molecule has 0 bridgehead atoms. The second-order valence-electron chi connectivity index (χ2n) is 4.44. The number of hydrogen-bond acceptors (Lipinski definition) is 2. The zero-order chi connectivity index (χ0) is 12.1. The third-order valence-electron chi connectivity index (χ3n) is 2.53. The molecule has 15 heavy (non-hydrogen) atoms. The minimum absolute atomic E-state index is 0.573. The second-order valence-corrected chi connectivity index (χ2v) is 7.11. The fourth-order valence-corrected chi connectivity index (χ4v) is 3.74. The smallest absolute Gasteiger partial charge is 0.147 e. The van der Waals surface area contributed by atoms with Crippen LogP contribution in [0.2, 0.25) is 0 Å². The molecule has 0 amide bonds. The van der Waals surface area contributed by atoms with Crippen LogP contribution in [0.25, 0.3) is 0 Å². The lowest BCUT2D eigenvalue weighted by Crippen LogP contribution is -2.49. The molecule has 2 atom stereocenters. The quantitative estimate of drug-likeness (QED) is 0.709. The third-order valence-corrected chi connectivity index (χ3v) is 5.78. The molecular formula is C11H23ClO2S. The van der Waals surface area contributed by atoms with Crippen LogP contribution in [0.15, 0.2) is 0 Å². The summed E-state index contributed by atoms with van der Waals surface area (Å²) in [6, 6.07) is 0. The van der Waals surface area contributed by atoms with Gasteiger partial charge in [-0.1, -0.05) is 26.7 Å². The molecule has 1 N–H and O–H groups in total. The molecule has 4 heteroatoms. The molecule has 0 aromatic carbocycles. The van der Waals surface area contributed by atoms with Crippen molar-refractivity contribution < 1.29 is 9.32 Å². The van der Waals surface area contributed by atoms with Gasteiger partial charge in [-0.25, -0.2) is 0 Å². The van der Waals surface area contributed by atoms with Crippen molar-refractivity contribution in [1.82, 2.24) is 0 Å². The zero-order valence-corrected chi connectivity index (χ0v) is 11.7. The Balaban J connectivity index is 4.71. The minimum Gasteiger partial charge on any atom is -0.388 e. The summed E-state index contributed by atoms with van der Waals surface area (Å²) in [5.74, 6) is 0.573. The van der Waals surface area contributed by atoms with E-state index in [1.165, 1.54) is 0 Å². The summed E-state index contributed by atoms with van der Waals surface area (Å²) < 4.78 is 11.1. The van der Waals surface area contributed by atoms with Gasteiger partial charge >= 0.3 is 0 Å². The second kappa shape index (κ2) is 6.21. The Labute approximate surface area is 101 Å². The van der Waals surface area contributed by atoms with E-state index in [9.17, 15) is 9.32 Å². The third kappa shape index (κ3) is 4.04. The molecular weight excluding hydrogens is 232 g/mol. The van der Waals surface area contributed by atoms with E-state index in [1.807, 2.05) is 6.92 Å². The largest absolute Gasteiger partial charge is 0.388 e. The topological polar surface area (TPSA) is 37.3 Å². The molecule has 0 fully saturated rings. The van der Waals surface area contributed by atoms with Gasteiger partial charge in [0.1, 0.15) is 4.21 Å². The van der Waals surface area contributed by atoms with E-state index in [0.29, 0.717) is 12.2 Å². The van der Waals surface area contributed by atoms with Gasteiger partial charge in [0.15, 0.2) is 0 Å². The maximum atomic E-state index is 12.1. The number of aliphatic hydroxyl groups is 1. The zero-order valence-electron chi connectivity index (χ0n) is 10.2. The number of hydrogen-bond donors (Lipinski definition) is 1. The first-order chi connectivity index (χ1) is 6.79. The van der Waals surface area contributed by atoms with Gasteiger partial charge in [0, 0.05) is 16.6 Å². The van der Waals surface area contributed by atoms with Crippen LogP contribution in [-0.4, -0.2) is 24.9 Å². The highest BCUT2D eigenvalue weighted by Crippen LogP contribution is 2.37. The van der Waals surface area contributed by atoms with Crippen LogP contribution >= 0.6 is 11.6 Å². The van der Waals surface area contributed by atoms with Crippen molar-refractivity contribution in [2.75, 3.05) is 5.75 Å². The monoisotopic (exact) mass is 254 g/mol. The Kier molecular flexibility index (Phi) is 6.38. The van der Waals surface area contributed by atoms with Gasteiger partial charge in [0.2, 0.25) is 0 Å². The van der Waals surface area contributed by atoms with E-state index in [1.54, 1.807) is 13.8 Å². The predicted octanol–water partition coefficient (Wildman–Crippen LogP) is 3.04. The van der Waals surface area contributed by atoms with Gasteiger partial charge < -0.3 is 5.11 Å². The number of halogens is 1. The van der Waals surface area contributed by atoms with Crippen molar-refractivity contribution in [3.8, 4) is 0 Å². The number of alkyl halides is 1. The van der Waals surface area contributed by atoms with E-state index in [-0.39, 0.29) is 0 Å². The highest BCUT2D eigenvalue weighted by molar-refractivity contribution is 7.88. The summed E-state index contributed by atoms with van der Waals surface area (Å²) in [6.45, 7) is 7.32. The molecule has 0 aliphatic heterocycles. The molecule has 0 rings (SSSR count). The Morgan fingerprint density at radius 2 is 1.80 bits per heavy atom. The fraction of sp³-hybridized carbons (Fsp3) is 1.00. The van der Waals surface area contributed by atoms with Crippen LogP contribution in [0.5, 0.6) is 0 Å². The summed E-state index contributed by atoms with van der Waals surface area (Å²) >= 11 is 6.35. The van der Waals surface area contributed by atoms with Gasteiger partial charge in [-0.05, 0) is 26.7 Å². The van der Waals surface area contributed by atoms with Crippen LogP contribution in [0.3, 0.4) is 0 Å². The molecule has 0 saturated carbocycles. The highest BCUT2D eigenvalue weighted by atomic mass is 35.5. The number of rotatable bonds is 7. The average molecular weight is 255 g/mol. The van der Waals surface area contributed by atoms with E-state index < -0.39 is 20.6 Å². The van der Waals surface area contributed by atoms with E-state index in [4.69, 9.17) is 11.6 Å². The molecule has 0 aliphatic carbocycles. The Morgan fingerprint density at radius 1 is 1.27 bits per heavy atom. The van der Waals surface area contributed by atoms with E-state index in [2.05, 4.69) is 6.92 Å². The lowest BCUT2D eigenvalue weighted by molar-refractivity contribution is 0.0597. The van der Waals surface area contributed by atoms with Crippen LogP contribution in [0, 0.1) is 0 Å². The van der Waals surface area contributed by atoms with Gasteiger partial charge in [0.05, 0.1) is 5.60 Å². The van der Waals surface area contributed by atoms with Gasteiger partial charge in [-0.3, -0.25) is 4.21 Å². The van der Waals surface area contributed by atoms with E-state index in [0.717, 1.165) is 19.3 Å². The molecule has 0 spiro atoms.